The fourth-order valence-electron chi connectivity index (χ4n) is 3.97. The van der Waals surface area contributed by atoms with Gasteiger partial charge in [-0.1, -0.05) is 35.4 Å². The van der Waals surface area contributed by atoms with Gasteiger partial charge in [0.15, 0.2) is 0 Å². The third kappa shape index (κ3) is 4.98. The molecule has 1 fully saturated rings. The second kappa shape index (κ2) is 10.0. The Hall–Kier alpha value is -1.50. The van der Waals surface area contributed by atoms with Crippen LogP contribution in [-0.4, -0.2) is 44.6 Å². The maximum Gasteiger partial charge on any atom is 0.131 e. The van der Waals surface area contributed by atoms with E-state index < -0.39 is 11.7 Å². The number of hydrogen-bond donors (Lipinski definition) is 2. The fourth-order valence-corrected chi connectivity index (χ4v) is 4.25. The standard InChI is InChI=1S/C23H29ClFNO3/c1-16-8-9-20(25)17(14-16)22-18(6-5-7-19(22)24)23(27,10-3-4-12-28-2)21-15-26-11-13-29-21/h5-9,14,21,26-27H,3-4,10-13,15H2,1-2H3/t21-,23?/m1/s1. The van der Waals surface area contributed by atoms with Gasteiger partial charge in [0, 0.05) is 43.0 Å². The molecule has 0 aliphatic carbocycles. The van der Waals surface area contributed by atoms with E-state index in [0.717, 1.165) is 24.9 Å². The number of unbranched alkanes of at least 4 members (excludes halogenated alkanes) is 1. The van der Waals surface area contributed by atoms with Crippen molar-refractivity contribution in [2.75, 3.05) is 33.4 Å². The van der Waals surface area contributed by atoms with Gasteiger partial charge in [-0.2, -0.15) is 0 Å². The molecule has 4 nitrogen and oxygen atoms in total. The fraction of sp³-hybridized carbons (Fsp3) is 0.478. The Kier molecular flexibility index (Phi) is 7.66. The van der Waals surface area contributed by atoms with Gasteiger partial charge in [-0.25, -0.2) is 4.39 Å². The number of rotatable bonds is 8. The average molecular weight is 422 g/mol. The number of halogens is 2. The first-order valence-corrected chi connectivity index (χ1v) is 10.4. The summed E-state index contributed by atoms with van der Waals surface area (Å²) in [6, 6.07) is 10.3. The molecule has 0 aromatic heterocycles. The minimum atomic E-state index is -1.31. The first-order chi connectivity index (χ1) is 14.0. The van der Waals surface area contributed by atoms with E-state index in [9.17, 15) is 9.50 Å². The molecule has 1 unspecified atom stereocenters. The molecule has 0 saturated carbocycles. The van der Waals surface area contributed by atoms with Gasteiger partial charge in [-0.05, 0) is 49.9 Å². The number of nitrogens with one attached hydrogen (secondary N) is 1. The molecule has 2 aromatic rings. The van der Waals surface area contributed by atoms with Crippen LogP contribution in [0, 0.1) is 12.7 Å². The number of methoxy groups -OCH3 is 1. The molecule has 2 aromatic carbocycles. The molecule has 1 aliphatic heterocycles. The Bertz CT molecular complexity index is 826. The molecular weight excluding hydrogens is 393 g/mol. The topological polar surface area (TPSA) is 50.7 Å². The number of benzene rings is 2. The van der Waals surface area contributed by atoms with E-state index in [4.69, 9.17) is 21.1 Å². The molecule has 1 saturated heterocycles. The van der Waals surface area contributed by atoms with Gasteiger partial charge in [0.25, 0.3) is 0 Å². The SMILES string of the molecule is COCCCCC(O)(c1cccc(Cl)c1-c1cc(C)ccc1F)[C@H]1CNCCO1. The zero-order chi connectivity index (χ0) is 20.9. The highest BCUT2D eigenvalue weighted by atomic mass is 35.5. The smallest absolute Gasteiger partial charge is 0.131 e. The van der Waals surface area contributed by atoms with E-state index in [1.165, 1.54) is 6.07 Å². The van der Waals surface area contributed by atoms with Crippen molar-refractivity contribution in [3.8, 4) is 11.1 Å². The summed E-state index contributed by atoms with van der Waals surface area (Å²) >= 11 is 6.56. The summed E-state index contributed by atoms with van der Waals surface area (Å²) in [7, 11) is 1.66. The molecule has 0 radical (unpaired) electrons. The zero-order valence-electron chi connectivity index (χ0n) is 17.0. The van der Waals surface area contributed by atoms with Crippen LogP contribution in [0.4, 0.5) is 4.39 Å². The van der Waals surface area contributed by atoms with Crippen molar-refractivity contribution in [2.24, 2.45) is 0 Å². The Labute approximate surface area is 177 Å². The zero-order valence-corrected chi connectivity index (χ0v) is 17.8. The van der Waals surface area contributed by atoms with Crippen LogP contribution in [0.15, 0.2) is 36.4 Å². The first-order valence-electron chi connectivity index (χ1n) is 10.1. The summed E-state index contributed by atoms with van der Waals surface area (Å²) in [5, 5.41) is 15.6. The third-order valence-corrected chi connectivity index (χ3v) is 5.80. The van der Waals surface area contributed by atoms with Crippen molar-refractivity contribution in [3.63, 3.8) is 0 Å². The largest absolute Gasteiger partial charge is 0.385 e. The van der Waals surface area contributed by atoms with Gasteiger partial charge >= 0.3 is 0 Å². The second-order valence-electron chi connectivity index (χ2n) is 7.58. The third-order valence-electron chi connectivity index (χ3n) is 5.49. The van der Waals surface area contributed by atoms with Crippen LogP contribution >= 0.6 is 11.6 Å². The number of morpholine rings is 1. The van der Waals surface area contributed by atoms with Crippen LogP contribution in [-0.2, 0) is 15.1 Å². The van der Waals surface area contributed by atoms with Gasteiger partial charge in [-0.3, -0.25) is 0 Å². The first kappa shape index (κ1) is 22.2. The molecule has 0 bridgehead atoms. The van der Waals surface area contributed by atoms with Gasteiger partial charge in [-0.15, -0.1) is 0 Å². The summed E-state index contributed by atoms with van der Waals surface area (Å²) in [4.78, 5) is 0. The predicted molar refractivity (Wildman–Crippen MR) is 114 cm³/mol. The predicted octanol–water partition coefficient (Wildman–Crippen LogP) is 4.45. The summed E-state index contributed by atoms with van der Waals surface area (Å²) < 4.78 is 25.9. The van der Waals surface area contributed by atoms with Crippen molar-refractivity contribution in [3.05, 3.63) is 58.4 Å². The van der Waals surface area contributed by atoms with Gasteiger partial charge in [0.05, 0.1) is 6.61 Å². The highest BCUT2D eigenvalue weighted by Crippen LogP contribution is 2.43. The number of ether oxygens (including phenoxy) is 2. The lowest BCUT2D eigenvalue weighted by Gasteiger charge is -2.40. The van der Waals surface area contributed by atoms with E-state index in [1.54, 1.807) is 31.4 Å². The van der Waals surface area contributed by atoms with Crippen LogP contribution < -0.4 is 5.32 Å². The van der Waals surface area contributed by atoms with Crippen LogP contribution in [0.5, 0.6) is 0 Å². The number of aryl methyl sites for hydroxylation is 1. The number of hydrogen-bond acceptors (Lipinski definition) is 4. The van der Waals surface area contributed by atoms with E-state index in [-0.39, 0.29) is 5.82 Å². The second-order valence-corrected chi connectivity index (χ2v) is 7.99. The summed E-state index contributed by atoms with van der Waals surface area (Å²) in [5.41, 5.74) is 1.13. The van der Waals surface area contributed by atoms with E-state index in [1.807, 2.05) is 13.0 Å². The Morgan fingerprint density at radius 1 is 1.31 bits per heavy atom. The molecule has 29 heavy (non-hydrogen) atoms. The lowest BCUT2D eigenvalue weighted by Crippen LogP contribution is -2.51. The van der Waals surface area contributed by atoms with Gasteiger partial charge < -0.3 is 19.9 Å². The molecule has 1 aliphatic rings. The van der Waals surface area contributed by atoms with E-state index in [2.05, 4.69) is 5.32 Å². The lowest BCUT2D eigenvalue weighted by molar-refractivity contribution is -0.129. The van der Waals surface area contributed by atoms with Gasteiger partial charge in [0.2, 0.25) is 0 Å². The molecule has 0 amide bonds. The molecule has 0 spiro atoms. The quantitative estimate of drug-likeness (QED) is 0.618. The maximum absolute atomic E-state index is 14.8. The van der Waals surface area contributed by atoms with Crippen molar-refractivity contribution in [1.29, 1.82) is 0 Å². The molecule has 2 atom stereocenters. The normalized spacial score (nSPS) is 19.1. The lowest BCUT2D eigenvalue weighted by atomic mass is 9.79. The molecule has 2 N–H and O–H groups in total. The van der Waals surface area contributed by atoms with Gasteiger partial charge in [0.1, 0.15) is 17.5 Å². The minimum absolute atomic E-state index is 0.366. The number of aliphatic hydroxyl groups is 1. The molecule has 6 heteroatoms. The Morgan fingerprint density at radius 2 is 2.14 bits per heavy atom. The van der Waals surface area contributed by atoms with E-state index in [0.29, 0.717) is 47.9 Å². The summed E-state index contributed by atoms with van der Waals surface area (Å²) in [5.74, 6) is -0.366. The Morgan fingerprint density at radius 3 is 2.86 bits per heavy atom. The highest BCUT2D eigenvalue weighted by Gasteiger charge is 2.42. The maximum atomic E-state index is 14.8. The Balaban J connectivity index is 2.10. The average Bonchev–Trinajstić information content (AvgIpc) is 2.73. The van der Waals surface area contributed by atoms with Crippen LogP contribution in [0.3, 0.4) is 0 Å². The van der Waals surface area contributed by atoms with Crippen molar-refractivity contribution < 1.29 is 19.0 Å². The molecule has 3 rings (SSSR count). The molecule has 158 valence electrons. The minimum Gasteiger partial charge on any atom is -0.385 e. The molecular formula is C23H29ClFNO3. The molecule has 1 heterocycles. The van der Waals surface area contributed by atoms with Crippen molar-refractivity contribution >= 4 is 11.6 Å². The van der Waals surface area contributed by atoms with E-state index >= 15 is 0 Å². The monoisotopic (exact) mass is 421 g/mol. The highest BCUT2D eigenvalue weighted by molar-refractivity contribution is 6.33. The van der Waals surface area contributed by atoms with Crippen LogP contribution in [0.25, 0.3) is 11.1 Å². The van der Waals surface area contributed by atoms with Crippen LogP contribution in [0.1, 0.15) is 30.4 Å². The van der Waals surface area contributed by atoms with Crippen molar-refractivity contribution in [1.82, 2.24) is 5.32 Å². The van der Waals surface area contributed by atoms with Crippen molar-refractivity contribution in [2.45, 2.75) is 37.9 Å². The summed E-state index contributed by atoms with van der Waals surface area (Å²) in [6.45, 7) is 4.30. The van der Waals surface area contributed by atoms with Crippen LogP contribution in [0.2, 0.25) is 5.02 Å². The summed E-state index contributed by atoms with van der Waals surface area (Å²) in [6.07, 6.45) is 1.56.